The van der Waals surface area contributed by atoms with Gasteiger partial charge in [-0.1, -0.05) is 30.3 Å². The van der Waals surface area contributed by atoms with Crippen molar-refractivity contribution in [2.24, 2.45) is 0 Å². The van der Waals surface area contributed by atoms with Crippen molar-refractivity contribution in [3.05, 3.63) is 66.0 Å². The molecule has 3 aromatic rings. The van der Waals surface area contributed by atoms with E-state index >= 15 is 0 Å². The lowest BCUT2D eigenvalue weighted by atomic mass is 10.1. The summed E-state index contributed by atoms with van der Waals surface area (Å²) < 4.78 is 1.67. The number of hydrogen-bond donors (Lipinski definition) is 2. The molecule has 0 saturated heterocycles. The number of hydrogen-bond acceptors (Lipinski definition) is 5. The molecule has 0 fully saturated rings. The SMILES string of the molecule is CC(C)NC(=O)c1ccccc1NCc1nnnn1-c1ccccc1. The molecule has 0 radical (unpaired) electrons. The molecule has 0 aliphatic heterocycles. The normalized spacial score (nSPS) is 10.7. The summed E-state index contributed by atoms with van der Waals surface area (Å²) in [7, 11) is 0. The van der Waals surface area contributed by atoms with Crippen LogP contribution in [0.2, 0.25) is 0 Å². The van der Waals surface area contributed by atoms with Crippen LogP contribution < -0.4 is 10.6 Å². The van der Waals surface area contributed by atoms with Crippen LogP contribution in [0.15, 0.2) is 54.6 Å². The maximum absolute atomic E-state index is 12.3. The summed E-state index contributed by atoms with van der Waals surface area (Å²) in [6.07, 6.45) is 0. The van der Waals surface area contributed by atoms with E-state index in [1.165, 1.54) is 0 Å². The zero-order valence-corrected chi connectivity index (χ0v) is 14.2. The Hall–Kier alpha value is -3.22. The van der Waals surface area contributed by atoms with Gasteiger partial charge in [-0.05, 0) is 48.5 Å². The quantitative estimate of drug-likeness (QED) is 0.722. The Morgan fingerprint density at radius 3 is 2.56 bits per heavy atom. The fourth-order valence-electron chi connectivity index (χ4n) is 2.44. The highest BCUT2D eigenvalue weighted by Gasteiger charge is 2.13. The molecule has 0 saturated carbocycles. The van der Waals surface area contributed by atoms with Crippen LogP contribution in [0.25, 0.3) is 5.69 Å². The van der Waals surface area contributed by atoms with Crippen LogP contribution in [0.4, 0.5) is 5.69 Å². The second-order valence-corrected chi connectivity index (χ2v) is 5.87. The highest BCUT2D eigenvalue weighted by atomic mass is 16.1. The zero-order chi connectivity index (χ0) is 17.6. The average Bonchev–Trinajstić information content (AvgIpc) is 3.09. The summed E-state index contributed by atoms with van der Waals surface area (Å²) in [5, 5.41) is 18.0. The second-order valence-electron chi connectivity index (χ2n) is 5.87. The molecule has 2 N–H and O–H groups in total. The fraction of sp³-hybridized carbons (Fsp3) is 0.222. The number of para-hydroxylation sites is 2. The number of carbonyl (C=O) groups excluding carboxylic acids is 1. The molecule has 7 nitrogen and oxygen atoms in total. The van der Waals surface area contributed by atoms with Gasteiger partial charge in [0, 0.05) is 11.7 Å². The van der Waals surface area contributed by atoms with Gasteiger partial charge in [-0.15, -0.1) is 5.10 Å². The van der Waals surface area contributed by atoms with E-state index in [4.69, 9.17) is 0 Å². The number of tetrazole rings is 1. The second kappa shape index (κ2) is 7.57. The molecule has 1 aromatic heterocycles. The Labute approximate surface area is 146 Å². The largest absolute Gasteiger partial charge is 0.377 e. The molecular formula is C18H20N6O. The monoisotopic (exact) mass is 336 g/mol. The molecule has 128 valence electrons. The smallest absolute Gasteiger partial charge is 0.253 e. The number of anilines is 1. The fourth-order valence-corrected chi connectivity index (χ4v) is 2.44. The lowest BCUT2D eigenvalue weighted by Gasteiger charge is -2.13. The minimum Gasteiger partial charge on any atom is -0.377 e. The number of amides is 1. The summed E-state index contributed by atoms with van der Waals surface area (Å²) in [6.45, 7) is 4.26. The van der Waals surface area contributed by atoms with Crippen LogP contribution in [0, 0.1) is 0 Å². The molecule has 0 spiro atoms. The van der Waals surface area contributed by atoms with Crippen molar-refractivity contribution in [1.29, 1.82) is 0 Å². The van der Waals surface area contributed by atoms with E-state index in [1.807, 2.05) is 62.4 Å². The van der Waals surface area contributed by atoms with Gasteiger partial charge in [0.15, 0.2) is 5.82 Å². The van der Waals surface area contributed by atoms with Crippen LogP contribution in [-0.2, 0) is 6.54 Å². The van der Waals surface area contributed by atoms with E-state index in [0.717, 1.165) is 11.4 Å². The molecule has 25 heavy (non-hydrogen) atoms. The Bertz CT molecular complexity index is 844. The lowest BCUT2D eigenvalue weighted by molar-refractivity contribution is 0.0944. The van der Waals surface area contributed by atoms with Gasteiger partial charge >= 0.3 is 0 Å². The number of benzene rings is 2. The third kappa shape index (κ3) is 4.00. The van der Waals surface area contributed by atoms with Crippen molar-refractivity contribution >= 4 is 11.6 Å². The van der Waals surface area contributed by atoms with Crippen molar-refractivity contribution in [3.63, 3.8) is 0 Å². The van der Waals surface area contributed by atoms with Gasteiger partial charge < -0.3 is 10.6 Å². The Balaban J connectivity index is 1.78. The maximum Gasteiger partial charge on any atom is 0.253 e. The molecule has 2 aromatic carbocycles. The first-order chi connectivity index (χ1) is 12.1. The average molecular weight is 336 g/mol. The van der Waals surface area contributed by atoms with Crippen LogP contribution in [0.5, 0.6) is 0 Å². The minimum absolute atomic E-state index is 0.0749. The zero-order valence-electron chi connectivity index (χ0n) is 14.2. The van der Waals surface area contributed by atoms with Crippen LogP contribution in [0.3, 0.4) is 0 Å². The van der Waals surface area contributed by atoms with E-state index in [1.54, 1.807) is 10.7 Å². The first-order valence-corrected chi connectivity index (χ1v) is 8.11. The van der Waals surface area contributed by atoms with Crippen molar-refractivity contribution in [2.75, 3.05) is 5.32 Å². The molecule has 0 unspecified atom stereocenters. The highest BCUT2D eigenvalue weighted by molar-refractivity contribution is 5.99. The number of nitrogens with zero attached hydrogens (tertiary/aromatic N) is 4. The van der Waals surface area contributed by atoms with Gasteiger partial charge in [0.1, 0.15) is 0 Å². The van der Waals surface area contributed by atoms with E-state index in [9.17, 15) is 4.79 Å². The van der Waals surface area contributed by atoms with Crippen molar-refractivity contribution < 1.29 is 4.79 Å². The summed E-state index contributed by atoms with van der Waals surface area (Å²) >= 11 is 0. The van der Waals surface area contributed by atoms with E-state index < -0.39 is 0 Å². The predicted molar refractivity (Wildman–Crippen MR) is 95.5 cm³/mol. The Morgan fingerprint density at radius 1 is 1.08 bits per heavy atom. The third-order valence-corrected chi connectivity index (χ3v) is 3.56. The van der Waals surface area contributed by atoms with Crippen LogP contribution in [0.1, 0.15) is 30.0 Å². The summed E-state index contributed by atoms with van der Waals surface area (Å²) in [6, 6.07) is 17.1. The lowest BCUT2D eigenvalue weighted by Crippen LogP contribution is -2.30. The van der Waals surface area contributed by atoms with Gasteiger partial charge in [-0.3, -0.25) is 4.79 Å². The maximum atomic E-state index is 12.3. The Morgan fingerprint density at radius 2 is 1.80 bits per heavy atom. The molecule has 0 aliphatic rings. The van der Waals surface area contributed by atoms with Crippen molar-refractivity contribution in [1.82, 2.24) is 25.5 Å². The van der Waals surface area contributed by atoms with Gasteiger partial charge in [0.25, 0.3) is 5.91 Å². The molecule has 3 rings (SSSR count). The molecule has 1 amide bonds. The summed E-state index contributed by atoms with van der Waals surface area (Å²) in [5.41, 5.74) is 2.22. The number of nitrogens with one attached hydrogen (secondary N) is 2. The van der Waals surface area contributed by atoms with E-state index in [0.29, 0.717) is 17.9 Å². The van der Waals surface area contributed by atoms with Crippen molar-refractivity contribution in [3.8, 4) is 5.69 Å². The molecule has 7 heteroatoms. The number of carbonyl (C=O) groups is 1. The van der Waals surface area contributed by atoms with Gasteiger partial charge in [-0.25, -0.2) is 0 Å². The van der Waals surface area contributed by atoms with E-state index in [-0.39, 0.29) is 11.9 Å². The van der Waals surface area contributed by atoms with Gasteiger partial charge in [0.2, 0.25) is 0 Å². The molecule has 0 aliphatic carbocycles. The van der Waals surface area contributed by atoms with Gasteiger partial charge in [-0.2, -0.15) is 4.68 Å². The molecular weight excluding hydrogens is 316 g/mol. The number of rotatable bonds is 6. The van der Waals surface area contributed by atoms with Crippen LogP contribution >= 0.6 is 0 Å². The molecule has 0 atom stereocenters. The number of aromatic nitrogens is 4. The minimum atomic E-state index is -0.110. The first-order valence-electron chi connectivity index (χ1n) is 8.11. The van der Waals surface area contributed by atoms with Crippen molar-refractivity contribution in [2.45, 2.75) is 26.4 Å². The highest BCUT2D eigenvalue weighted by Crippen LogP contribution is 2.16. The topological polar surface area (TPSA) is 84.7 Å². The summed E-state index contributed by atoms with van der Waals surface area (Å²) in [5.74, 6) is 0.547. The Kier molecular flexibility index (Phi) is 5.03. The third-order valence-electron chi connectivity index (χ3n) is 3.56. The van der Waals surface area contributed by atoms with E-state index in [2.05, 4.69) is 26.2 Å². The summed E-state index contributed by atoms with van der Waals surface area (Å²) in [4.78, 5) is 12.3. The predicted octanol–water partition coefficient (Wildman–Crippen LogP) is 2.41. The first kappa shape index (κ1) is 16.6. The molecule has 0 bridgehead atoms. The van der Waals surface area contributed by atoms with Crippen LogP contribution in [-0.4, -0.2) is 32.2 Å². The molecule has 1 heterocycles. The standard InChI is InChI=1S/C18H20N6O/c1-13(2)20-18(25)15-10-6-7-11-16(15)19-12-17-21-22-23-24(17)14-8-4-3-5-9-14/h3-11,13,19H,12H2,1-2H3,(H,20,25). The van der Waals surface area contributed by atoms with Gasteiger partial charge in [0.05, 0.1) is 17.8 Å².